The van der Waals surface area contributed by atoms with Crippen LogP contribution in [0.5, 0.6) is 0 Å². The van der Waals surface area contributed by atoms with Crippen LogP contribution in [0.25, 0.3) is 15.7 Å². The van der Waals surface area contributed by atoms with E-state index in [-0.39, 0.29) is 6.10 Å². The number of hydrogen-bond acceptors (Lipinski definition) is 8. The van der Waals surface area contributed by atoms with Crippen LogP contribution >= 0.6 is 0 Å². The van der Waals surface area contributed by atoms with Gasteiger partial charge in [0, 0.05) is 36.8 Å². The van der Waals surface area contributed by atoms with Crippen molar-refractivity contribution in [3.05, 3.63) is 42.0 Å². The Morgan fingerprint density at radius 1 is 0.974 bits per heavy atom. The second-order valence-electron chi connectivity index (χ2n) is 10.8. The Labute approximate surface area is 223 Å². The molecule has 3 aromatic rings. The molecule has 0 amide bonds. The van der Waals surface area contributed by atoms with Crippen LogP contribution < -0.4 is 10.6 Å². The molecule has 1 saturated heterocycles. The maximum Gasteiger partial charge on any atom is 0.229 e. The molecule has 2 aromatic heterocycles. The second kappa shape index (κ2) is 11.2. The molecule has 2 saturated carbocycles. The van der Waals surface area contributed by atoms with Crippen molar-refractivity contribution < 1.29 is 9.84 Å². The molecule has 200 valence electrons. The van der Waals surface area contributed by atoms with Crippen LogP contribution in [0.1, 0.15) is 57.4 Å². The number of morpholine rings is 1. The maximum absolute atomic E-state index is 9.82. The first-order valence-corrected chi connectivity index (χ1v) is 13.9. The molecule has 3 heterocycles. The fraction of sp³-hybridized carbons (Fsp3) is 0.571. The standard InChI is InChI=1S/C28H36N8O2/c1-29-20-4-11-26-25(16-20)27(31-19-2-5-22(6-3-19)35-12-14-38-15-13-35)34-28(33-26)32-21-17-30-36(18-21)23-7-9-24(37)10-8-23/h4,11,16-19,22-24,37H,2-3,5-10,12-15H2,(H2,31,32,33,34). The Morgan fingerprint density at radius 2 is 1.74 bits per heavy atom. The Morgan fingerprint density at radius 3 is 2.50 bits per heavy atom. The molecule has 0 bridgehead atoms. The van der Waals surface area contributed by atoms with E-state index in [0.29, 0.717) is 29.8 Å². The largest absolute Gasteiger partial charge is 0.393 e. The predicted octanol–water partition coefficient (Wildman–Crippen LogP) is 4.65. The van der Waals surface area contributed by atoms with E-state index in [2.05, 4.69) is 25.5 Å². The van der Waals surface area contributed by atoms with E-state index < -0.39 is 0 Å². The van der Waals surface area contributed by atoms with Gasteiger partial charge in [0.05, 0.1) is 49.3 Å². The van der Waals surface area contributed by atoms with Crippen LogP contribution in [0.2, 0.25) is 0 Å². The zero-order valence-electron chi connectivity index (χ0n) is 21.7. The summed E-state index contributed by atoms with van der Waals surface area (Å²) in [6, 6.07) is 6.85. The summed E-state index contributed by atoms with van der Waals surface area (Å²) in [7, 11) is 0. The van der Waals surface area contributed by atoms with E-state index in [1.165, 1.54) is 0 Å². The Bertz CT molecular complexity index is 1280. The lowest BCUT2D eigenvalue weighted by Crippen LogP contribution is -2.46. The number of hydrogen-bond donors (Lipinski definition) is 3. The van der Waals surface area contributed by atoms with Gasteiger partial charge < -0.3 is 20.5 Å². The van der Waals surface area contributed by atoms with Crippen LogP contribution in [0.4, 0.5) is 23.1 Å². The molecule has 1 aromatic carbocycles. The summed E-state index contributed by atoms with van der Waals surface area (Å²) < 4.78 is 7.52. The number of fused-ring (bicyclic) bond motifs is 1. The van der Waals surface area contributed by atoms with E-state index >= 15 is 0 Å². The molecule has 0 radical (unpaired) electrons. The summed E-state index contributed by atoms with van der Waals surface area (Å²) in [5.74, 6) is 1.28. The quantitative estimate of drug-likeness (QED) is 0.407. The number of benzene rings is 1. The van der Waals surface area contributed by atoms with Crippen LogP contribution in [0.15, 0.2) is 30.6 Å². The van der Waals surface area contributed by atoms with Gasteiger partial charge in [0.1, 0.15) is 5.82 Å². The number of aliphatic hydroxyl groups excluding tert-OH is 1. The summed E-state index contributed by atoms with van der Waals surface area (Å²) in [5.41, 5.74) is 2.22. The van der Waals surface area contributed by atoms with Gasteiger partial charge in [-0.1, -0.05) is 6.07 Å². The highest BCUT2D eigenvalue weighted by molar-refractivity contribution is 5.93. The van der Waals surface area contributed by atoms with Gasteiger partial charge in [0.2, 0.25) is 5.95 Å². The number of aliphatic hydroxyl groups is 1. The van der Waals surface area contributed by atoms with Crippen molar-refractivity contribution in [1.29, 1.82) is 0 Å². The SMILES string of the molecule is [C-]#[N+]c1ccc2nc(Nc3cnn(C4CCC(O)CC4)c3)nc(NC3CCC(N4CCOCC4)CC3)c2c1. The van der Waals surface area contributed by atoms with Crippen molar-refractivity contribution in [2.24, 2.45) is 0 Å². The van der Waals surface area contributed by atoms with Crippen molar-refractivity contribution in [3.8, 4) is 0 Å². The van der Waals surface area contributed by atoms with E-state index in [4.69, 9.17) is 21.3 Å². The number of nitrogens with one attached hydrogen (secondary N) is 2. The highest BCUT2D eigenvalue weighted by Gasteiger charge is 2.27. The first-order valence-electron chi connectivity index (χ1n) is 13.9. The summed E-state index contributed by atoms with van der Waals surface area (Å²) in [6.07, 6.45) is 11.6. The third kappa shape index (κ3) is 5.60. The molecule has 6 rings (SSSR count). The van der Waals surface area contributed by atoms with E-state index in [0.717, 1.165) is 100 Å². The molecule has 10 heteroatoms. The number of anilines is 3. The minimum Gasteiger partial charge on any atom is -0.393 e. The zero-order chi connectivity index (χ0) is 25.9. The second-order valence-corrected chi connectivity index (χ2v) is 10.8. The number of rotatable bonds is 6. The molecule has 1 aliphatic heterocycles. The zero-order valence-corrected chi connectivity index (χ0v) is 21.7. The van der Waals surface area contributed by atoms with Crippen LogP contribution in [-0.4, -0.2) is 74.2 Å². The van der Waals surface area contributed by atoms with Gasteiger partial charge >= 0.3 is 0 Å². The Balaban J connectivity index is 1.18. The van der Waals surface area contributed by atoms with Crippen molar-refractivity contribution >= 4 is 34.0 Å². The summed E-state index contributed by atoms with van der Waals surface area (Å²) >= 11 is 0. The lowest BCUT2D eigenvalue weighted by molar-refractivity contribution is 0.00791. The minimum atomic E-state index is -0.186. The van der Waals surface area contributed by atoms with E-state index in [1.807, 2.05) is 23.0 Å². The third-order valence-electron chi connectivity index (χ3n) is 8.31. The van der Waals surface area contributed by atoms with Crippen LogP contribution in [-0.2, 0) is 4.74 Å². The van der Waals surface area contributed by atoms with Gasteiger partial charge in [0.25, 0.3) is 0 Å². The van der Waals surface area contributed by atoms with Gasteiger partial charge in [0.15, 0.2) is 5.69 Å². The average Bonchev–Trinajstić information content (AvgIpc) is 3.42. The third-order valence-corrected chi connectivity index (χ3v) is 8.31. The van der Waals surface area contributed by atoms with Gasteiger partial charge in [-0.15, -0.1) is 0 Å². The molecule has 0 spiro atoms. The predicted molar refractivity (Wildman–Crippen MR) is 147 cm³/mol. The van der Waals surface area contributed by atoms with Gasteiger partial charge in [-0.05, 0) is 63.5 Å². The van der Waals surface area contributed by atoms with Crippen molar-refractivity contribution in [3.63, 3.8) is 0 Å². The summed E-state index contributed by atoms with van der Waals surface area (Å²) in [6.45, 7) is 11.2. The van der Waals surface area contributed by atoms with Crippen LogP contribution in [0.3, 0.4) is 0 Å². The highest BCUT2D eigenvalue weighted by Crippen LogP contribution is 2.32. The van der Waals surface area contributed by atoms with Gasteiger partial charge in [-0.25, -0.2) is 9.83 Å². The number of nitrogens with zero attached hydrogens (tertiary/aromatic N) is 6. The number of ether oxygens (including phenoxy) is 1. The normalized spacial score (nSPS) is 26.6. The van der Waals surface area contributed by atoms with Crippen LogP contribution in [0, 0.1) is 6.57 Å². The first kappa shape index (κ1) is 25.0. The maximum atomic E-state index is 9.82. The molecule has 3 fully saturated rings. The summed E-state index contributed by atoms with van der Waals surface area (Å²) in [4.78, 5) is 15.8. The molecular formula is C28H36N8O2. The van der Waals surface area contributed by atoms with E-state index in [9.17, 15) is 5.11 Å². The topological polar surface area (TPSA) is 105 Å². The Hall–Kier alpha value is -3.26. The highest BCUT2D eigenvalue weighted by atomic mass is 16.5. The Kier molecular flexibility index (Phi) is 7.40. The lowest BCUT2D eigenvalue weighted by Gasteiger charge is -2.39. The monoisotopic (exact) mass is 516 g/mol. The molecule has 0 unspecified atom stereocenters. The first-order chi connectivity index (χ1) is 18.6. The summed E-state index contributed by atoms with van der Waals surface area (Å²) in [5, 5.41) is 22.3. The molecule has 3 aliphatic rings. The fourth-order valence-electron chi connectivity index (χ4n) is 6.13. The average molecular weight is 517 g/mol. The minimum absolute atomic E-state index is 0.186. The molecule has 10 nitrogen and oxygen atoms in total. The van der Waals surface area contributed by atoms with Crippen molar-refractivity contribution in [2.75, 3.05) is 36.9 Å². The lowest BCUT2D eigenvalue weighted by atomic mass is 9.90. The van der Waals surface area contributed by atoms with E-state index in [1.54, 1.807) is 12.3 Å². The molecule has 3 N–H and O–H groups in total. The molecule has 2 aliphatic carbocycles. The van der Waals surface area contributed by atoms with Crippen molar-refractivity contribution in [2.45, 2.75) is 75.6 Å². The number of aromatic nitrogens is 4. The molecular weight excluding hydrogens is 480 g/mol. The smallest absolute Gasteiger partial charge is 0.229 e. The van der Waals surface area contributed by atoms with Crippen molar-refractivity contribution in [1.82, 2.24) is 24.6 Å². The van der Waals surface area contributed by atoms with Gasteiger partial charge in [-0.2, -0.15) is 10.1 Å². The fourth-order valence-corrected chi connectivity index (χ4v) is 6.13. The van der Waals surface area contributed by atoms with Gasteiger partial charge in [-0.3, -0.25) is 9.58 Å². The molecule has 38 heavy (non-hydrogen) atoms. The molecule has 0 atom stereocenters.